The summed E-state index contributed by atoms with van der Waals surface area (Å²) in [5.41, 5.74) is 0.686. The van der Waals surface area contributed by atoms with Crippen LogP contribution in [-0.2, 0) is 20.9 Å². The Kier molecular flexibility index (Phi) is 11.8. The van der Waals surface area contributed by atoms with Gasteiger partial charge in [0.25, 0.3) is 6.47 Å². The molecule has 5 nitrogen and oxygen atoms in total. The quantitative estimate of drug-likeness (QED) is 0.610. The maximum absolute atomic E-state index is 9.60. The van der Waals surface area contributed by atoms with Gasteiger partial charge in [-0.05, 0) is 101 Å². The monoisotopic (exact) mass is 442 g/mol. The molecule has 0 radical (unpaired) electrons. The minimum Gasteiger partial charge on any atom is -0.462 e. The maximum atomic E-state index is 9.60. The number of halogens is 1. The van der Waals surface area contributed by atoms with Crippen molar-refractivity contribution < 1.29 is 14.3 Å². The molecular weight excluding hydrogens is 408 g/mol. The van der Waals surface area contributed by atoms with E-state index in [9.17, 15) is 4.79 Å². The topological polar surface area (TPSA) is 51.7 Å². The minimum atomic E-state index is -0.318. The van der Waals surface area contributed by atoms with Gasteiger partial charge in [0.2, 0.25) is 0 Å². The Bertz CT molecular complexity index is 507. The minimum absolute atomic E-state index is 0.318. The molecule has 1 aromatic rings. The number of carbonyl (C=O) groups is 1. The van der Waals surface area contributed by atoms with Gasteiger partial charge in [0.15, 0.2) is 0 Å². The molecule has 27 heavy (non-hydrogen) atoms. The van der Waals surface area contributed by atoms with Crippen molar-refractivity contribution in [3.8, 4) is 0 Å². The van der Waals surface area contributed by atoms with E-state index in [0.29, 0.717) is 13.1 Å². The number of hydrogen-bond acceptors (Lipinski definition) is 5. The van der Waals surface area contributed by atoms with Crippen LogP contribution in [0.2, 0.25) is 0 Å². The van der Waals surface area contributed by atoms with Crippen LogP contribution < -0.4 is 0 Å². The van der Waals surface area contributed by atoms with E-state index in [1.54, 1.807) is 6.20 Å². The van der Waals surface area contributed by atoms with E-state index in [1.807, 2.05) is 32.9 Å². The predicted octanol–water partition coefficient (Wildman–Crippen LogP) is 4.83. The molecule has 6 heteroatoms. The first-order valence-corrected chi connectivity index (χ1v) is 10.6. The lowest BCUT2D eigenvalue weighted by molar-refractivity contribution is -0.138. The van der Waals surface area contributed by atoms with E-state index < -0.39 is 0 Å². The van der Waals surface area contributed by atoms with Crippen molar-refractivity contribution in [1.29, 1.82) is 0 Å². The molecule has 1 aliphatic carbocycles. The molecule has 0 amide bonds. The van der Waals surface area contributed by atoms with Gasteiger partial charge in [-0.15, -0.1) is 0 Å². The highest BCUT2D eigenvalue weighted by atomic mass is 79.9. The molecule has 1 saturated carbocycles. The number of likely N-dealkylation sites (tertiary alicyclic amines) is 1. The SMILES string of the molecule is Brc1ccc(COCC2CC2)nc1.CC(C)(C)OC=O.CN1CCCCC1. The van der Waals surface area contributed by atoms with Gasteiger partial charge >= 0.3 is 0 Å². The number of carbonyl (C=O) groups excluding carboxylic acids is 1. The molecule has 0 bridgehead atoms. The molecule has 154 valence electrons. The van der Waals surface area contributed by atoms with Crippen LogP contribution in [0, 0.1) is 5.92 Å². The molecule has 2 fully saturated rings. The summed E-state index contributed by atoms with van der Waals surface area (Å²) in [6, 6.07) is 3.97. The van der Waals surface area contributed by atoms with Crippen LogP contribution in [0.1, 0.15) is 58.6 Å². The summed E-state index contributed by atoms with van der Waals surface area (Å²) in [6.07, 6.45) is 8.76. The molecule has 1 aromatic heterocycles. The zero-order valence-corrected chi connectivity index (χ0v) is 18.8. The van der Waals surface area contributed by atoms with Gasteiger partial charge in [-0.1, -0.05) is 6.42 Å². The van der Waals surface area contributed by atoms with Crippen molar-refractivity contribution in [3.63, 3.8) is 0 Å². The number of rotatable bonds is 5. The number of piperidine rings is 1. The van der Waals surface area contributed by atoms with Gasteiger partial charge in [-0.3, -0.25) is 9.78 Å². The van der Waals surface area contributed by atoms with Gasteiger partial charge in [0.1, 0.15) is 5.60 Å². The van der Waals surface area contributed by atoms with Crippen LogP contribution >= 0.6 is 15.9 Å². The average Bonchev–Trinajstić information content (AvgIpc) is 3.42. The molecule has 0 spiro atoms. The molecule has 0 atom stereocenters. The highest BCUT2D eigenvalue weighted by Crippen LogP contribution is 2.29. The second-order valence-corrected chi connectivity index (χ2v) is 9.03. The Morgan fingerprint density at radius 2 is 1.89 bits per heavy atom. The highest BCUT2D eigenvalue weighted by molar-refractivity contribution is 9.10. The van der Waals surface area contributed by atoms with E-state index >= 15 is 0 Å². The van der Waals surface area contributed by atoms with E-state index in [-0.39, 0.29) is 5.60 Å². The number of aromatic nitrogens is 1. The first-order chi connectivity index (χ1) is 12.8. The van der Waals surface area contributed by atoms with Crippen molar-refractivity contribution in [2.24, 2.45) is 5.92 Å². The number of ether oxygens (including phenoxy) is 2. The van der Waals surface area contributed by atoms with Gasteiger partial charge in [-0.2, -0.15) is 0 Å². The molecular formula is C21H35BrN2O3. The van der Waals surface area contributed by atoms with Crippen molar-refractivity contribution in [2.75, 3.05) is 26.7 Å². The Morgan fingerprint density at radius 1 is 1.22 bits per heavy atom. The molecule has 0 aromatic carbocycles. The largest absolute Gasteiger partial charge is 0.462 e. The fourth-order valence-corrected chi connectivity index (χ4v) is 2.54. The lowest BCUT2D eigenvalue weighted by Crippen LogP contribution is -2.24. The molecule has 2 heterocycles. The van der Waals surface area contributed by atoms with Crippen molar-refractivity contribution in [2.45, 2.75) is 65.1 Å². The summed E-state index contributed by atoms with van der Waals surface area (Å²) < 4.78 is 11.1. The summed E-state index contributed by atoms with van der Waals surface area (Å²) in [4.78, 5) is 16.2. The van der Waals surface area contributed by atoms with Crippen molar-refractivity contribution >= 4 is 22.4 Å². The summed E-state index contributed by atoms with van der Waals surface area (Å²) in [7, 11) is 2.19. The molecule has 1 saturated heterocycles. The van der Waals surface area contributed by atoms with E-state index in [2.05, 4.69) is 37.6 Å². The Labute approximate surface area is 173 Å². The van der Waals surface area contributed by atoms with Gasteiger partial charge in [0, 0.05) is 17.3 Å². The standard InChI is InChI=1S/C10H12BrNO.C6H13N.C5H10O2/c11-9-3-4-10(12-5-9)7-13-6-8-1-2-8;1-7-5-3-2-4-6-7;1-5(2,3)7-4-6/h3-5,8H,1-2,6-7H2;2-6H2,1H3;4H,1-3H3. The lowest BCUT2D eigenvalue weighted by atomic mass is 10.1. The summed E-state index contributed by atoms with van der Waals surface area (Å²) in [5.74, 6) is 0.829. The average molecular weight is 443 g/mol. The Morgan fingerprint density at radius 3 is 2.26 bits per heavy atom. The number of hydrogen-bond donors (Lipinski definition) is 0. The summed E-state index contributed by atoms with van der Waals surface area (Å²) in [5, 5.41) is 0. The highest BCUT2D eigenvalue weighted by Gasteiger charge is 2.21. The Balaban J connectivity index is 0.000000223. The van der Waals surface area contributed by atoms with E-state index in [0.717, 1.165) is 22.7 Å². The van der Waals surface area contributed by atoms with Crippen LogP contribution in [0.3, 0.4) is 0 Å². The number of nitrogens with zero attached hydrogens (tertiary/aromatic N) is 2. The van der Waals surface area contributed by atoms with Crippen LogP contribution in [0.5, 0.6) is 0 Å². The number of pyridine rings is 1. The van der Waals surface area contributed by atoms with Crippen LogP contribution in [-0.4, -0.2) is 48.7 Å². The summed E-state index contributed by atoms with van der Waals surface area (Å²) >= 11 is 3.34. The predicted molar refractivity (Wildman–Crippen MR) is 113 cm³/mol. The van der Waals surface area contributed by atoms with Crippen molar-refractivity contribution in [3.05, 3.63) is 28.5 Å². The third kappa shape index (κ3) is 14.7. The third-order valence-electron chi connectivity index (χ3n) is 4.07. The van der Waals surface area contributed by atoms with Gasteiger partial charge in [-0.25, -0.2) is 0 Å². The van der Waals surface area contributed by atoms with Crippen molar-refractivity contribution in [1.82, 2.24) is 9.88 Å². The summed E-state index contributed by atoms with van der Waals surface area (Å²) in [6.45, 7) is 10.1. The molecule has 0 unspecified atom stereocenters. The van der Waals surface area contributed by atoms with Crippen LogP contribution in [0.4, 0.5) is 0 Å². The molecule has 1 aliphatic heterocycles. The maximum Gasteiger partial charge on any atom is 0.293 e. The fourth-order valence-electron chi connectivity index (χ4n) is 2.30. The normalized spacial score (nSPS) is 17.1. The Hall–Kier alpha value is -0.980. The second kappa shape index (κ2) is 13.2. The molecule has 0 N–H and O–H groups in total. The van der Waals surface area contributed by atoms with Gasteiger partial charge in [0.05, 0.1) is 12.3 Å². The van der Waals surface area contributed by atoms with E-state index in [4.69, 9.17) is 4.74 Å². The third-order valence-corrected chi connectivity index (χ3v) is 4.54. The van der Waals surface area contributed by atoms with Crippen LogP contribution in [0.15, 0.2) is 22.8 Å². The second-order valence-electron chi connectivity index (χ2n) is 8.12. The zero-order valence-electron chi connectivity index (χ0n) is 17.2. The van der Waals surface area contributed by atoms with E-state index in [1.165, 1.54) is 45.2 Å². The molecule has 2 aliphatic rings. The molecule has 3 rings (SSSR count). The first kappa shape index (κ1) is 24.1. The smallest absolute Gasteiger partial charge is 0.293 e. The first-order valence-electron chi connectivity index (χ1n) is 9.78. The lowest BCUT2D eigenvalue weighted by Gasteiger charge is -2.20. The zero-order chi connectivity index (χ0) is 20.1. The van der Waals surface area contributed by atoms with Gasteiger partial charge < -0.3 is 14.4 Å². The fraction of sp³-hybridized carbons (Fsp3) is 0.714. The van der Waals surface area contributed by atoms with Crippen LogP contribution in [0.25, 0.3) is 0 Å².